The fraction of sp³-hybridized carbons (Fsp3) is 0.467. The Hall–Kier alpha value is -0.560. The molecule has 1 aliphatic heterocycles. The third-order valence-corrected chi connectivity index (χ3v) is 6.57. The first kappa shape index (κ1) is 18.8. The second-order valence-electron chi connectivity index (χ2n) is 5.21. The molecule has 0 aromatic heterocycles. The number of carboxylic acids is 1. The molecular formula is C15H17Cl2NO3S2. The molecule has 8 heteroatoms. The number of amides is 1. The van der Waals surface area contributed by atoms with Crippen molar-refractivity contribution in [2.75, 3.05) is 17.3 Å². The van der Waals surface area contributed by atoms with Gasteiger partial charge in [-0.15, -0.1) is 0 Å². The number of carbonyl (C=O) groups excluding carboxylic acids is 1. The molecule has 0 radical (unpaired) electrons. The number of halogens is 2. The highest BCUT2D eigenvalue weighted by molar-refractivity contribution is 8.06. The van der Waals surface area contributed by atoms with Crippen molar-refractivity contribution in [3.63, 3.8) is 0 Å². The van der Waals surface area contributed by atoms with Crippen LogP contribution in [0.2, 0.25) is 10.0 Å². The van der Waals surface area contributed by atoms with Gasteiger partial charge in [0.05, 0.1) is 0 Å². The first-order chi connectivity index (χ1) is 10.9. The highest BCUT2D eigenvalue weighted by Crippen LogP contribution is 2.26. The van der Waals surface area contributed by atoms with Gasteiger partial charge in [-0.25, -0.2) is 4.79 Å². The molecule has 1 fully saturated rings. The van der Waals surface area contributed by atoms with Crippen LogP contribution in [0.1, 0.15) is 12.0 Å². The number of carbonyl (C=O) groups is 2. The molecule has 0 saturated carbocycles. The lowest BCUT2D eigenvalue weighted by Crippen LogP contribution is -2.43. The highest BCUT2D eigenvalue weighted by Gasteiger charge is 2.24. The number of aliphatic carboxylic acids is 1. The number of thioether (sulfide) groups is 2. The van der Waals surface area contributed by atoms with Gasteiger partial charge in [-0.2, -0.15) is 23.5 Å². The van der Waals surface area contributed by atoms with Crippen molar-refractivity contribution in [2.24, 2.45) is 0 Å². The van der Waals surface area contributed by atoms with Gasteiger partial charge in [0.1, 0.15) is 6.04 Å². The predicted octanol–water partition coefficient (Wildman–Crippen LogP) is 3.34. The smallest absolute Gasteiger partial charge is 0.326 e. The summed E-state index contributed by atoms with van der Waals surface area (Å²) in [7, 11) is 0. The summed E-state index contributed by atoms with van der Waals surface area (Å²) in [6.45, 7) is 0. The average Bonchev–Trinajstić information content (AvgIpc) is 2.46. The Balaban J connectivity index is 1.95. The lowest BCUT2D eigenvalue weighted by molar-refractivity contribution is -0.141. The third-order valence-electron chi connectivity index (χ3n) is 3.29. The largest absolute Gasteiger partial charge is 0.480 e. The topological polar surface area (TPSA) is 66.4 Å². The number of hydrogen-bond acceptors (Lipinski definition) is 4. The van der Waals surface area contributed by atoms with E-state index in [1.807, 2.05) is 11.8 Å². The molecule has 2 rings (SSSR count). The summed E-state index contributed by atoms with van der Waals surface area (Å²) in [6, 6.07) is 3.91. The van der Waals surface area contributed by atoms with Gasteiger partial charge in [0.15, 0.2) is 0 Å². The minimum Gasteiger partial charge on any atom is -0.480 e. The average molecular weight is 394 g/mol. The zero-order valence-electron chi connectivity index (χ0n) is 12.3. The van der Waals surface area contributed by atoms with Crippen molar-refractivity contribution in [1.29, 1.82) is 0 Å². The molecule has 2 atom stereocenters. The Bertz CT molecular complexity index is 560. The van der Waals surface area contributed by atoms with Crippen molar-refractivity contribution >= 4 is 58.6 Å². The SMILES string of the molecule is O=C(CC1CSCCS1)NC(Cc1cc(Cl)cc(Cl)c1)C(=O)O. The van der Waals surface area contributed by atoms with Crippen molar-refractivity contribution in [3.05, 3.63) is 33.8 Å². The van der Waals surface area contributed by atoms with Crippen LogP contribution in [0.25, 0.3) is 0 Å². The van der Waals surface area contributed by atoms with Crippen molar-refractivity contribution in [1.82, 2.24) is 5.32 Å². The number of nitrogens with one attached hydrogen (secondary N) is 1. The van der Waals surface area contributed by atoms with Gasteiger partial charge >= 0.3 is 5.97 Å². The Morgan fingerprint density at radius 1 is 1.26 bits per heavy atom. The summed E-state index contributed by atoms with van der Waals surface area (Å²) < 4.78 is 0. The third kappa shape index (κ3) is 6.45. The van der Waals surface area contributed by atoms with E-state index in [0.717, 1.165) is 17.3 Å². The van der Waals surface area contributed by atoms with Gasteiger partial charge in [0, 0.05) is 45.4 Å². The quantitative estimate of drug-likeness (QED) is 0.775. The van der Waals surface area contributed by atoms with Crippen LogP contribution >= 0.6 is 46.7 Å². The van der Waals surface area contributed by atoms with Crippen LogP contribution in [0.15, 0.2) is 18.2 Å². The summed E-state index contributed by atoms with van der Waals surface area (Å²) in [5.74, 6) is 1.77. The minimum atomic E-state index is -1.07. The fourth-order valence-electron chi connectivity index (χ4n) is 2.28. The zero-order chi connectivity index (χ0) is 16.8. The fourth-order valence-corrected chi connectivity index (χ4v) is 5.53. The maximum Gasteiger partial charge on any atom is 0.326 e. The van der Waals surface area contributed by atoms with Gasteiger partial charge in [0.2, 0.25) is 5.91 Å². The van der Waals surface area contributed by atoms with Gasteiger partial charge in [-0.05, 0) is 23.8 Å². The molecule has 1 aromatic rings. The van der Waals surface area contributed by atoms with Crippen LogP contribution in [0.4, 0.5) is 0 Å². The van der Waals surface area contributed by atoms with E-state index in [1.165, 1.54) is 0 Å². The van der Waals surface area contributed by atoms with Crippen LogP contribution in [0.3, 0.4) is 0 Å². The molecule has 2 unspecified atom stereocenters. The molecule has 0 aliphatic carbocycles. The van der Waals surface area contributed by atoms with Crippen LogP contribution in [0.5, 0.6) is 0 Å². The molecule has 1 aliphatic rings. The van der Waals surface area contributed by atoms with Crippen molar-refractivity contribution in [3.8, 4) is 0 Å². The molecule has 0 bridgehead atoms. The van der Waals surface area contributed by atoms with Gasteiger partial charge < -0.3 is 10.4 Å². The van der Waals surface area contributed by atoms with E-state index in [2.05, 4.69) is 5.32 Å². The van der Waals surface area contributed by atoms with E-state index in [1.54, 1.807) is 30.0 Å². The van der Waals surface area contributed by atoms with Crippen molar-refractivity contribution in [2.45, 2.75) is 24.1 Å². The van der Waals surface area contributed by atoms with E-state index in [0.29, 0.717) is 22.0 Å². The summed E-state index contributed by atoms with van der Waals surface area (Å²) in [5.41, 5.74) is 0.679. The molecule has 126 valence electrons. The number of benzene rings is 1. The normalized spacial score (nSPS) is 19.1. The minimum absolute atomic E-state index is 0.147. The maximum atomic E-state index is 12.1. The van der Waals surface area contributed by atoms with Crippen LogP contribution < -0.4 is 5.32 Å². The number of rotatable bonds is 6. The van der Waals surface area contributed by atoms with E-state index >= 15 is 0 Å². The van der Waals surface area contributed by atoms with E-state index < -0.39 is 12.0 Å². The molecule has 1 heterocycles. The molecule has 1 saturated heterocycles. The second-order valence-corrected chi connectivity index (χ2v) is 8.64. The monoisotopic (exact) mass is 393 g/mol. The number of hydrogen-bond donors (Lipinski definition) is 2. The second kappa shape index (κ2) is 9.06. The Morgan fingerprint density at radius 3 is 2.52 bits per heavy atom. The Kier molecular flexibility index (Phi) is 7.40. The lowest BCUT2D eigenvalue weighted by atomic mass is 10.1. The molecular weight excluding hydrogens is 377 g/mol. The predicted molar refractivity (Wildman–Crippen MR) is 97.9 cm³/mol. The zero-order valence-corrected chi connectivity index (χ0v) is 15.4. The molecule has 1 aromatic carbocycles. The molecule has 4 nitrogen and oxygen atoms in total. The van der Waals surface area contributed by atoms with Crippen LogP contribution in [-0.2, 0) is 16.0 Å². The Morgan fingerprint density at radius 2 is 1.96 bits per heavy atom. The van der Waals surface area contributed by atoms with Gasteiger partial charge in [-0.1, -0.05) is 23.2 Å². The standard InChI is InChI=1S/C15H17Cl2NO3S2/c16-10-3-9(4-11(17)6-10)5-13(15(20)21)18-14(19)7-12-8-22-1-2-23-12/h3-4,6,12-13H,1-2,5,7-8H2,(H,18,19)(H,20,21). The van der Waals surface area contributed by atoms with E-state index in [9.17, 15) is 14.7 Å². The van der Waals surface area contributed by atoms with Crippen LogP contribution in [0, 0.1) is 0 Å². The molecule has 23 heavy (non-hydrogen) atoms. The first-order valence-electron chi connectivity index (χ1n) is 7.10. The van der Waals surface area contributed by atoms with E-state index in [-0.39, 0.29) is 17.6 Å². The van der Waals surface area contributed by atoms with Gasteiger partial charge in [-0.3, -0.25) is 4.79 Å². The summed E-state index contributed by atoms with van der Waals surface area (Å²) >= 11 is 15.4. The van der Waals surface area contributed by atoms with Crippen LogP contribution in [-0.4, -0.2) is 45.5 Å². The van der Waals surface area contributed by atoms with Gasteiger partial charge in [0.25, 0.3) is 0 Å². The molecule has 1 amide bonds. The Labute approximate surface area is 153 Å². The van der Waals surface area contributed by atoms with Crippen molar-refractivity contribution < 1.29 is 14.7 Å². The molecule has 0 spiro atoms. The lowest BCUT2D eigenvalue weighted by Gasteiger charge is -2.21. The van der Waals surface area contributed by atoms with E-state index in [4.69, 9.17) is 23.2 Å². The molecule has 2 N–H and O–H groups in total. The highest BCUT2D eigenvalue weighted by atomic mass is 35.5. The summed E-state index contributed by atoms with van der Waals surface area (Å²) in [6.07, 6.45) is 0.492. The summed E-state index contributed by atoms with van der Waals surface area (Å²) in [4.78, 5) is 23.5. The maximum absolute atomic E-state index is 12.1. The summed E-state index contributed by atoms with van der Waals surface area (Å²) in [5, 5.41) is 13.1. The number of carboxylic acid groups (broad SMARTS) is 1. The first-order valence-corrected chi connectivity index (χ1v) is 10.1.